The first-order chi connectivity index (χ1) is 25.3. The fourth-order valence-electron chi connectivity index (χ4n) is 9.15. The van der Waals surface area contributed by atoms with E-state index in [9.17, 15) is 18.0 Å². The van der Waals surface area contributed by atoms with Crippen LogP contribution in [0.3, 0.4) is 0 Å². The number of nitrogen functional groups attached to an aromatic ring is 1. The maximum atomic E-state index is 14.1. The van der Waals surface area contributed by atoms with Crippen LogP contribution in [0.2, 0.25) is 0 Å². The molecule has 0 radical (unpaired) electrons. The van der Waals surface area contributed by atoms with Crippen LogP contribution in [-0.4, -0.2) is 116 Å². The van der Waals surface area contributed by atoms with Crippen LogP contribution in [0.4, 0.5) is 30.6 Å². The Morgan fingerprint density at radius 1 is 1.11 bits per heavy atom. The fourth-order valence-corrected chi connectivity index (χ4v) is 9.15. The van der Waals surface area contributed by atoms with E-state index >= 15 is 0 Å². The number of methoxy groups -OCH3 is 1. The zero-order valence-electron chi connectivity index (χ0n) is 30.6. The van der Waals surface area contributed by atoms with E-state index < -0.39 is 12.8 Å². The standard InChI is InChI=1S/C39H47F3N8O3/c1-5-30(51)49-18-37(19-49)10-12-48(13-11-37)35-27-14-26(24-7-8-24)32(31-23(2)6-9-29(44)28(31)16-43)34(53-22-39(40,41)42)33(27)45-36(46-35)50-20-38(21-50)15-25(52-4)17-47(38)3/h5-6,9,14,16,24-25,43H,1,7-8,10-13,15,17-22,44H2,2-4H3. The van der Waals surface area contributed by atoms with Crippen molar-refractivity contribution in [2.45, 2.75) is 62.8 Å². The lowest BCUT2D eigenvalue weighted by Gasteiger charge is -2.54. The molecule has 3 aromatic rings. The van der Waals surface area contributed by atoms with Gasteiger partial charge in [0.15, 0.2) is 12.4 Å². The molecule has 53 heavy (non-hydrogen) atoms. The number of likely N-dealkylation sites (tertiary alicyclic amines) is 2. The molecule has 4 aliphatic heterocycles. The summed E-state index contributed by atoms with van der Waals surface area (Å²) in [5.41, 5.74) is 10.2. The number of rotatable bonds is 9. The van der Waals surface area contributed by atoms with Crippen molar-refractivity contribution in [3.8, 4) is 16.9 Å². The molecule has 3 N–H and O–H groups in total. The van der Waals surface area contributed by atoms with Gasteiger partial charge in [-0.1, -0.05) is 12.6 Å². The molecule has 1 aliphatic carbocycles. The van der Waals surface area contributed by atoms with Crippen LogP contribution in [-0.2, 0) is 9.53 Å². The summed E-state index contributed by atoms with van der Waals surface area (Å²) in [6, 6.07) is 5.61. The lowest BCUT2D eigenvalue weighted by atomic mass is 9.72. The van der Waals surface area contributed by atoms with Crippen LogP contribution in [0.25, 0.3) is 22.0 Å². The highest BCUT2D eigenvalue weighted by molar-refractivity contribution is 6.05. The molecule has 11 nitrogen and oxygen atoms in total. The molecule has 1 amide bonds. The maximum Gasteiger partial charge on any atom is 0.422 e. The van der Waals surface area contributed by atoms with Gasteiger partial charge in [0.2, 0.25) is 11.9 Å². The first-order valence-corrected chi connectivity index (χ1v) is 18.4. The van der Waals surface area contributed by atoms with Gasteiger partial charge in [0.1, 0.15) is 11.3 Å². The van der Waals surface area contributed by atoms with Crippen molar-refractivity contribution in [1.82, 2.24) is 19.8 Å². The summed E-state index contributed by atoms with van der Waals surface area (Å²) in [6.07, 6.45) is 2.36. The highest BCUT2D eigenvalue weighted by Crippen LogP contribution is 2.53. The Balaban J connectivity index is 1.29. The van der Waals surface area contributed by atoms with Crippen molar-refractivity contribution in [2.24, 2.45) is 5.41 Å². The number of nitrogens with one attached hydrogen (secondary N) is 1. The minimum Gasteiger partial charge on any atom is -0.481 e. The van der Waals surface area contributed by atoms with Gasteiger partial charge in [-0.2, -0.15) is 18.2 Å². The summed E-state index contributed by atoms with van der Waals surface area (Å²) in [4.78, 5) is 31.0. The molecule has 0 bridgehead atoms. The largest absolute Gasteiger partial charge is 0.481 e. The predicted molar refractivity (Wildman–Crippen MR) is 199 cm³/mol. The minimum absolute atomic E-state index is 0.0247. The second-order valence-corrected chi connectivity index (χ2v) is 15.9. The predicted octanol–water partition coefficient (Wildman–Crippen LogP) is 5.53. The molecule has 2 spiro atoms. The molecule has 1 unspecified atom stereocenters. The Labute approximate surface area is 307 Å². The van der Waals surface area contributed by atoms with Crippen molar-refractivity contribution < 1.29 is 27.4 Å². The van der Waals surface area contributed by atoms with Crippen molar-refractivity contribution in [1.29, 1.82) is 5.41 Å². The third-order valence-corrected chi connectivity index (χ3v) is 12.4. The number of benzene rings is 2. The van der Waals surface area contributed by atoms with Gasteiger partial charge in [-0.15, -0.1) is 0 Å². The highest BCUT2D eigenvalue weighted by Gasteiger charge is 2.53. The average Bonchev–Trinajstić information content (AvgIpc) is 3.90. The quantitative estimate of drug-likeness (QED) is 0.166. The number of ether oxygens (including phenoxy) is 2. The van der Waals surface area contributed by atoms with E-state index in [-0.39, 0.29) is 34.6 Å². The summed E-state index contributed by atoms with van der Waals surface area (Å²) in [7, 11) is 3.83. The van der Waals surface area contributed by atoms with E-state index in [1.54, 1.807) is 13.2 Å². The Morgan fingerprint density at radius 3 is 2.43 bits per heavy atom. The van der Waals surface area contributed by atoms with Gasteiger partial charge < -0.3 is 35.3 Å². The maximum absolute atomic E-state index is 14.1. The van der Waals surface area contributed by atoms with Crippen LogP contribution >= 0.6 is 0 Å². The van der Waals surface area contributed by atoms with E-state index in [1.807, 2.05) is 17.9 Å². The number of anilines is 3. The number of nitrogens with two attached hydrogens (primary N) is 1. The average molecular weight is 733 g/mol. The number of carbonyl (C=O) groups is 1. The number of piperidine rings is 1. The summed E-state index contributed by atoms with van der Waals surface area (Å²) in [5, 5.41) is 8.96. The number of fused-ring (bicyclic) bond motifs is 1. The van der Waals surface area contributed by atoms with Crippen LogP contribution < -0.4 is 20.3 Å². The Morgan fingerprint density at radius 2 is 1.83 bits per heavy atom. The number of halogens is 3. The van der Waals surface area contributed by atoms with Crippen molar-refractivity contribution >= 4 is 40.5 Å². The molecule has 1 aromatic heterocycles. The second-order valence-electron chi connectivity index (χ2n) is 15.9. The lowest BCUT2D eigenvalue weighted by Crippen LogP contribution is -2.67. The van der Waals surface area contributed by atoms with Gasteiger partial charge in [0, 0.05) is 86.8 Å². The van der Waals surface area contributed by atoms with Crippen LogP contribution in [0, 0.1) is 17.7 Å². The summed E-state index contributed by atoms with van der Waals surface area (Å²) in [5.74, 6) is 1.21. The first-order valence-electron chi connectivity index (χ1n) is 18.4. The zero-order valence-corrected chi connectivity index (χ0v) is 30.6. The fraction of sp³-hybridized carbons (Fsp3) is 0.538. The Bertz CT molecular complexity index is 1980. The molecule has 5 heterocycles. The highest BCUT2D eigenvalue weighted by atomic mass is 19.4. The number of likely N-dealkylation sites (N-methyl/N-ethyl adjacent to an activating group) is 1. The number of hydrogen-bond acceptors (Lipinski definition) is 10. The molecule has 14 heteroatoms. The smallest absolute Gasteiger partial charge is 0.422 e. The van der Waals surface area contributed by atoms with E-state index in [2.05, 4.69) is 34.4 Å². The summed E-state index contributed by atoms with van der Waals surface area (Å²) in [6.45, 7) is 8.87. The summed E-state index contributed by atoms with van der Waals surface area (Å²) >= 11 is 0. The van der Waals surface area contributed by atoms with Gasteiger partial charge in [-0.25, -0.2) is 4.98 Å². The van der Waals surface area contributed by atoms with Crippen LogP contribution in [0.5, 0.6) is 5.75 Å². The van der Waals surface area contributed by atoms with E-state index in [0.29, 0.717) is 84.3 Å². The molecular formula is C39H47F3N8O3. The third-order valence-electron chi connectivity index (χ3n) is 12.4. The Kier molecular flexibility index (Phi) is 8.64. The number of amides is 1. The topological polar surface area (TPSA) is 124 Å². The number of nitrogens with zero attached hydrogens (tertiary/aromatic N) is 6. The number of alkyl halides is 3. The van der Waals surface area contributed by atoms with E-state index in [1.165, 1.54) is 12.3 Å². The van der Waals surface area contributed by atoms with Gasteiger partial charge in [0.25, 0.3) is 0 Å². The normalized spacial score (nSPS) is 22.3. The molecule has 1 saturated carbocycles. The Hall–Kier alpha value is -4.43. The molecule has 2 aromatic carbocycles. The van der Waals surface area contributed by atoms with Crippen molar-refractivity contribution in [3.05, 3.63) is 47.5 Å². The molecule has 282 valence electrons. The molecule has 8 rings (SSSR count). The number of aryl methyl sites for hydroxylation is 1. The summed E-state index contributed by atoms with van der Waals surface area (Å²) < 4.78 is 53.9. The van der Waals surface area contributed by atoms with Crippen LogP contribution in [0.15, 0.2) is 30.9 Å². The number of aromatic nitrogens is 2. The molecule has 4 saturated heterocycles. The van der Waals surface area contributed by atoms with Gasteiger partial charge in [-0.3, -0.25) is 9.69 Å². The van der Waals surface area contributed by atoms with E-state index in [0.717, 1.165) is 49.8 Å². The number of carbonyl (C=O) groups excluding carboxylic acids is 1. The minimum atomic E-state index is -4.60. The van der Waals surface area contributed by atoms with Crippen LogP contribution in [0.1, 0.15) is 54.7 Å². The third kappa shape index (κ3) is 6.17. The SMILES string of the molecule is C=CC(=O)N1CC2(CCN(c3nc(N4CC5(CC(OC)CN5C)C4)nc4c(OCC(F)(F)F)c(-c5c(C)ccc(N)c5C=N)c(C5CC5)cc34)CC2)C1. The zero-order chi connectivity index (χ0) is 37.4. The lowest BCUT2D eigenvalue weighted by molar-refractivity contribution is -0.153. The number of hydrogen-bond donors (Lipinski definition) is 2. The van der Waals surface area contributed by atoms with E-state index in [4.69, 9.17) is 30.6 Å². The van der Waals surface area contributed by atoms with Crippen molar-refractivity contribution in [2.75, 3.05) is 82.1 Å². The molecule has 1 atom stereocenters. The molecule has 5 fully saturated rings. The van der Waals surface area contributed by atoms with Crippen molar-refractivity contribution in [3.63, 3.8) is 0 Å². The van der Waals surface area contributed by atoms with Gasteiger partial charge >= 0.3 is 6.18 Å². The molecular weight excluding hydrogens is 685 g/mol. The molecule has 5 aliphatic rings. The first kappa shape index (κ1) is 35.6. The van der Waals surface area contributed by atoms with Gasteiger partial charge in [-0.05, 0) is 86.9 Å². The monoisotopic (exact) mass is 732 g/mol. The van der Waals surface area contributed by atoms with Gasteiger partial charge in [0.05, 0.1) is 11.6 Å². The second kappa shape index (κ2) is 12.9.